The maximum absolute atomic E-state index is 12.1. The fraction of sp³-hybridized carbons (Fsp3) is 0.267. The number of rotatable bonds is 2. The molecule has 19 heavy (non-hydrogen) atoms. The van der Waals surface area contributed by atoms with Crippen molar-refractivity contribution in [3.63, 3.8) is 0 Å². The molecule has 0 radical (unpaired) electrons. The molecular formula is C15H17N3O. The Balaban J connectivity index is 1.85. The Morgan fingerprint density at radius 3 is 2.89 bits per heavy atom. The van der Waals surface area contributed by atoms with Crippen molar-refractivity contribution in [2.75, 3.05) is 11.1 Å². The molecule has 1 aliphatic carbocycles. The Hall–Kier alpha value is -2.23. The second kappa shape index (κ2) is 4.80. The SMILES string of the molecule is Nc1c[nH]c(C(=O)Nc2cccc3c2CCCC3)c1. The van der Waals surface area contributed by atoms with E-state index in [1.807, 2.05) is 12.1 Å². The monoisotopic (exact) mass is 255 g/mol. The number of amides is 1. The minimum absolute atomic E-state index is 0.143. The molecule has 0 saturated heterocycles. The van der Waals surface area contributed by atoms with Crippen molar-refractivity contribution in [2.24, 2.45) is 0 Å². The van der Waals surface area contributed by atoms with E-state index in [1.54, 1.807) is 12.3 Å². The summed E-state index contributed by atoms with van der Waals surface area (Å²) in [5, 5.41) is 2.97. The number of aryl methyl sites for hydroxylation is 1. The highest BCUT2D eigenvalue weighted by Crippen LogP contribution is 2.28. The Labute approximate surface area is 112 Å². The molecule has 4 heteroatoms. The zero-order chi connectivity index (χ0) is 13.2. The number of nitrogens with one attached hydrogen (secondary N) is 2. The van der Waals surface area contributed by atoms with Gasteiger partial charge in [0.05, 0.1) is 0 Å². The lowest BCUT2D eigenvalue weighted by molar-refractivity contribution is 0.102. The molecule has 0 bridgehead atoms. The molecule has 1 aliphatic rings. The number of carbonyl (C=O) groups is 1. The number of nitrogen functional groups attached to an aromatic ring is 1. The van der Waals surface area contributed by atoms with E-state index in [-0.39, 0.29) is 5.91 Å². The molecule has 1 aromatic heterocycles. The molecule has 2 aromatic rings. The molecule has 3 rings (SSSR count). The number of H-pyrrole nitrogens is 1. The maximum atomic E-state index is 12.1. The first kappa shape index (κ1) is 11.8. The molecule has 4 nitrogen and oxygen atoms in total. The lowest BCUT2D eigenvalue weighted by atomic mass is 9.90. The van der Waals surface area contributed by atoms with E-state index in [4.69, 9.17) is 5.73 Å². The number of hydrogen-bond acceptors (Lipinski definition) is 2. The predicted octanol–water partition coefficient (Wildman–Crippen LogP) is 2.73. The van der Waals surface area contributed by atoms with E-state index < -0.39 is 0 Å². The van der Waals surface area contributed by atoms with Crippen LogP contribution in [0.1, 0.15) is 34.5 Å². The zero-order valence-corrected chi connectivity index (χ0v) is 10.7. The van der Waals surface area contributed by atoms with Gasteiger partial charge in [-0.05, 0) is 48.9 Å². The van der Waals surface area contributed by atoms with Crippen LogP contribution in [0.2, 0.25) is 0 Å². The third-order valence-electron chi connectivity index (χ3n) is 3.59. The standard InChI is InChI=1S/C15H17N3O/c16-11-8-14(17-9-11)15(19)18-13-7-3-5-10-4-1-2-6-12(10)13/h3,5,7-9,17H,1-2,4,6,16H2,(H,18,19). The molecule has 0 aliphatic heterocycles. The van der Waals surface area contributed by atoms with Gasteiger partial charge in [-0.1, -0.05) is 12.1 Å². The summed E-state index contributed by atoms with van der Waals surface area (Å²) in [7, 11) is 0. The summed E-state index contributed by atoms with van der Waals surface area (Å²) in [6.07, 6.45) is 6.19. The van der Waals surface area contributed by atoms with Gasteiger partial charge in [0.2, 0.25) is 0 Å². The van der Waals surface area contributed by atoms with Gasteiger partial charge in [0.15, 0.2) is 0 Å². The Bertz CT molecular complexity index is 616. The summed E-state index contributed by atoms with van der Waals surface area (Å²) >= 11 is 0. The summed E-state index contributed by atoms with van der Waals surface area (Å²) in [4.78, 5) is 15.0. The molecule has 0 unspecified atom stereocenters. The molecule has 0 spiro atoms. The van der Waals surface area contributed by atoms with Crippen LogP contribution in [0.25, 0.3) is 0 Å². The first-order chi connectivity index (χ1) is 9.24. The highest BCUT2D eigenvalue weighted by atomic mass is 16.1. The zero-order valence-electron chi connectivity index (χ0n) is 10.7. The van der Waals surface area contributed by atoms with Gasteiger partial charge in [0.1, 0.15) is 5.69 Å². The first-order valence-corrected chi connectivity index (χ1v) is 6.60. The largest absolute Gasteiger partial charge is 0.397 e. The summed E-state index contributed by atoms with van der Waals surface area (Å²) in [5.41, 5.74) is 10.2. The van der Waals surface area contributed by atoms with Gasteiger partial charge in [-0.15, -0.1) is 0 Å². The predicted molar refractivity (Wildman–Crippen MR) is 76.2 cm³/mol. The van der Waals surface area contributed by atoms with Crippen molar-refractivity contribution < 1.29 is 4.79 Å². The lowest BCUT2D eigenvalue weighted by Crippen LogP contribution is -2.15. The second-order valence-corrected chi connectivity index (χ2v) is 4.95. The summed E-state index contributed by atoms with van der Waals surface area (Å²) in [5.74, 6) is -0.143. The van der Waals surface area contributed by atoms with Crippen LogP contribution >= 0.6 is 0 Å². The van der Waals surface area contributed by atoms with Crippen molar-refractivity contribution >= 4 is 17.3 Å². The summed E-state index contributed by atoms with van der Waals surface area (Å²) in [6, 6.07) is 7.76. The molecule has 1 amide bonds. The van der Waals surface area contributed by atoms with E-state index in [9.17, 15) is 4.79 Å². The van der Waals surface area contributed by atoms with E-state index >= 15 is 0 Å². The Kier molecular flexibility index (Phi) is 2.99. The van der Waals surface area contributed by atoms with Crippen LogP contribution in [0.3, 0.4) is 0 Å². The summed E-state index contributed by atoms with van der Waals surface area (Å²) in [6.45, 7) is 0. The molecule has 0 atom stereocenters. The lowest BCUT2D eigenvalue weighted by Gasteiger charge is -2.19. The number of aromatic amines is 1. The van der Waals surface area contributed by atoms with Gasteiger partial charge in [0.25, 0.3) is 5.91 Å². The molecular weight excluding hydrogens is 238 g/mol. The first-order valence-electron chi connectivity index (χ1n) is 6.60. The van der Waals surface area contributed by atoms with Crippen LogP contribution in [0.4, 0.5) is 11.4 Å². The van der Waals surface area contributed by atoms with Crippen molar-refractivity contribution in [3.05, 3.63) is 47.3 Å². The fourth-order valence-electron chi connectivity index (χ4n) is 2.63. The van der Waals surface area contributed by atoms with Crippen molar-refractivity contribution in [2.45, 2.75) is 25.7 Å². The molecule has 0 fully saturated rings. The maximum Gasteiger partial charge on any atom is 0.272 e. The third kappa shape index (κ3) is 2.34. The smallest absolute Gasteiger partial charge is 0.272 e. The van der Waals surface area contributed by atoms with E-state index in [2.05, 4.69) is 16.4 Å². The van der Waals surface area contributed by atoms with Gasteiger partial charge in [-0.2, -0.15) is 0 Å². The third-order valence-corrected chi connectivity index (χ3v) is 3.59. The van der Waals surface area contributed by atoms with E-state index in [1.165, 1.54) is 24.0 Å². The number of fused-ring (bicyclic) bond motifs is 1. The van der Waals surface area contributed by atoms with Gasteiger partial charge < -0.3 is 16.0 Å². The van der Waals surface area contributed by atoms with Gasteiger partial charge in [0, 0.05) is 17.6 Å². The normalized spacial score (nSPS) is 13.9. The van der Waals surface area contributed by atoms with E-state index in [0.717, 1.165) is 18.5 Å². The Morgan fingerprint density at radius 2 is 2.11 bits per heavy atom. The number of carbonyl (C=O) groups excluding carboxylic acids is 1. The van der Waals surface area contributed by atoms with Crippen molar-refractivity contribution in [1.82, 2.24) is 4.98 Å². The molecule has 1 heterocycles. The molecule has 98 valence electrons. The van der Waals surface area contributed by atoms with Gasteiger partial charge in [-0.25, -0.2) is 0 Å². The fourth-order valence-corrected chi connectivity index (χ4v) is 2.63. The highest BCUT2D eigenvalue weighted by molar-refractivity contribution is 6.04. The van der Waals surface area contributed by atoms with Crippen LogP contribution in [0.15, 0.2) is 30.5 Å². The Morgan fingerprint density at radius 1 is 1.26 bits per heavy atom. The number of nitrogens with two attached hydrogens (primary N) is 1. The van der Waals surface area contributed by atoms with Gasteiger partial charge in [-0.3, -0.25) is 4.79 Å². The minimum atomic E-state index is -0.143. The van der Waals surface area contributed by atoms with Crippen LogP contribution < -0.4 is 11.1 Å². The highest BCUT2D eigenvalue weighted by Gasteiger charge is 2.15. The van der Waals surface area contributed by atoms with Crippen LogP contribution in [0, 0.1) is 0 Å². The average molecular weight is 255 g/mol. The van der Waals surface area contributed by atoms with Crippen LogP contribution in [-0.4, -0.2) is 10.9 Å². The number of hydrogen-bond donors (Lipinski definition) is 3. The van der Waals surface area contributed by atoms with Crippen LogP contribution in [0.5, 0.6) is 0 Å². The minimum Gasteiger partial charge on any atom is -0.397 e. The second-order valence-electron chi connectivity index (χ2n) is 4.95. The van der Waals surface area contributed by atoms with Crippen molar-refractivity contribution in [3.8, 4) is 0 Å². The average Bonchev–Trinajstić information content (AvgIpc) is 2.86. The summed E-state index contributed by atoms with van der Waals surface area (Å²) < 4.78 is 0. The molecule has 1 aromatic carbocycles. The molecule has 0 saturated carbocycles. The topological polar surface area (TPSA) is 70.9 Å². The number of benzene rings is 1. The van der Waals surface area contributed by atoms with Gasteiger partial charge >= 0.3 is 0 Å². The quantitative estimate of drug-likeness (QED) is 0.772. The molecule has 4 N–H and O–H groups in total. The van der Waals surface area contributed by atoms with E-state index in [0.29, 0.717) is 11.4 Å². The number of aromatic nitrogens is 1. The van der Waals surface area contributed by atoms with Crippen molar-refractivity contribution in [1.29, 1.82) is 0 Å². The number of anilines is 2. The van der Waals surface area contributed by atoms with Crippen LogP contribution in [-0.2, 0) is 12.8 Å².